The van der Waals surface area contributed by atoms with E-state index in [1.54, 1.807) is 19.4 Å². The second kappa shape index (κ2) is 7.13. The molecule has 0 unspecified atom stereocenters. The number of methoxy groups -OCH3 is 1. The molecule has 1 aliphatic rings. The molecule has 2 aromatic rings. The highest BCUT2D eigenvalue weighted by Gasteiger charge is 2.11. The first-order chi connectivity index (χ1) is 11.7. The van der Waals surface area contributed by atoms with Crippen molar-refractivity contribution in [3.8, 4) is 5.75 Å². The average Bonchev–Trinajstić information content (AvgIpc) is 2.62. The van der Waals surface area contributed by atoms with Crippen LogP contribution in [0.3, 0.4) is 0 Å². The summed E-state index contributed by atoms with van der Waals surface area (Å²) in [6, 6.07) is 11.0. The highest BCUT2D eigenvalue weighted by molar-refractivity contribution is 6.04. The largest absolute Gasteiger partial charge is 0.497 e. The fourth-order valence-corrected chi connectivity index (χ4v) is 2.73. The number of carbonyl (C=O) groups is 1. The van der Waals surface area contributed by atoms with Crippen molar-refractivity contribution < 1.29 is 9.53 Å². The summed E-state index contributed by atoms with van der Waals surface area (Å²) >= 11 is 0. The summed E-state index contributed by atoms with van der Waals surface area (Å²) in [5.41, 5.74) is 4.65. The van der Waals surface area contributed by atoms with Gasteiger partial charge in [-0.2, -0.15) is 0 Å². The molecule has 122 valence electrons. The van der Waals surface area contributed by atoms with Crippen LogP contribution in [-0.4, -0.2) is 18.0 Å². The number of benzene rings is 1. The minimum absolute atomic E-state index is 0.184. The van der Waals surface area contributed by atoms with Gasteiger partial charge >= 0.3 is 0 Å². The Morgan fingerprint density at radius 2 is 2.12 bits per heavy atom. The van der Waals surface area contributed by atoms with Crippen molar-refractivity contribution in [3.05, 3.63) is 71.6 Å². The molecule has 0 fully saturated rings. The zero-order valence-electron chi connectivity index (χ0n) is 13.9. The predicted octanol–water partition coefficient (Wildman–Crippen LogP) is 4.47. The Labute approximate surface area is 141 Å². The summed E-state index contributed by atoms with van der Waals surface area (Å²) < 4.78 is 5.16. The fraction of sp³-hybridized carbons (Fsp3) is 0.200. The van der Waals surface area contributed by atoms with Gasteiger partial charge in [-0.1, -0.05) is 18.2 Å². The van der Waals surface area contributed by atoms with Crippen LogP contribution >= 0.6 is 0 Å². The van der Waals surface area contributed by atoms with Crippen molar-refractivity contribution in [2.45, 2.75) is 19.8 Å². The number of amides is 1. The van der Waals surface area contributed by atoms with Gasteiger partial charge in [-0.3, -0.25) is 9.78 Å². The Morgan fingerprint density at radius 3 is 2.83 bits per heavy atom. The first-order valence-electron chi connectivity index (χ1n) is 7.95. The molecule has 1 aliphatic carbocycles. The third kappa shape index (κ3) is 3.54. The minimum Gasteiger partial charge on any atom is -0.497 e. The lowest BCUT2D eigenvalue weighted by atomic mass is 9.95. The summed E-state index contributed by atoms with van der Waals surface area (Å²) in [5.74, 6) is 0.519. The summed E-state index contributed by atoms with van der Waals surface area (Å²) in [4.78, 5) is 16.8. The quantitative estimate of drug-likeness (QED) is 0.904. The molecule has 3 rings (SSSR count). The predicted molar refractivity (Wildman–Crippen MR) is 96.2 cm³/mol. The van der Waals surface area contributed by atoms with Gasteiger partial charge < -0.3 is 10.1 Å². The molecule has 1 aromatic heterocycles. The smallest absolute Gasteiger partial charge is 0.257 e. The van der Waals surface area contributed by atoms with E-state index in [1.165, 1.54) is 11.1 Å². The average molecular weight is 320 g/mol. The molecule has 0 saturated carbocycles. The first kappa shape index (κ1) is 16.0. The number of allylic oxidation sites excluding steroid dienone is 4. The Balaban J connectivity index is 1.75. The van der Waals surface area contributed by atoms with Crippen LogP contribution in [0, 0.1) is 0 Å². The molecule has 0 bridgehead atoms. The molecule has 24 heavy (non-hydrogen) atoms. The molecule has 0 saturated heterocycles. The molecule has 0 spiro atoms. The number of rotatable bonds is 4. The maximum atomic E-state index is 12.4. The van der Waals surface area contributed by atoms with Crippen LogP contribution in [0.15, 0.2) is 60.3 Å². The number of anilines is 1. The van der Waals surface area contributed by atoms with Gasteiger partial charge in [-0.15, -0.1) is 0 Å². The molecular formula is C20H20N2O2. The van der Waals surface area contributed by atoms with Crippen LogP contribution in [0.5, 0.6) is 5.75 Å². The van der Waals surface area contributed by atoms with Crippen LogP contribution in [0.2, 0.25) is 0 Å². The van der Waals surface area contributed by atoms with Gasteiger partial charge in [0, 0.05) is 18.0 Å². The van der Waals surface area contributed by atoms with Crippen LogP contribution in [0.1, 0.15) is 35.8 Å². The van der Waals surface area contributed by atoms with Crippen LogP contribution in [0.4, 0.5) is 5.69 Å². The van der Waals surface area contributed by atoms with E-state index in [9.17, 15) is 4.79 Å². The molecule has 0 aliphatic heterocycles. The van der Waals surface area contributed by atoms with E-state index >= 15 is 0 Å². The van der Waals surface area contributed by atoms with Crippen molar-refractivity contribution in [3.63, 3.8) is 0 Å². The van der Waals surface area contributed by atoms with E-state index in [0.29, 0.717) is 17.0 Å². The van der Waals surface area contributed by atoms with Gasteiger partial charge in [0.2, 0.25) is 0 Å². The Hall–Kier alpha value is -2.88. The number of hydrogen-bond donors (Lipinski definition) is 1. The van der Waals surface area contributed by atoms with Gasteiger partial charge in [0.05, 0.1) is 18.4 Å². The van der Waals surface area contributed by atoms with Gasteiger partial charge in [0.1, 0.15) is 5.75 Å². The third-order valence-electron chi connectivity index (χ3n) is 4.07. The summed E-state index contributed by atoms with van der Waals surface area (Å²) in [7, 11) is 1.60. The van der Waals surface area contributed by atoms with Gasteiger partial charge in [0.15, 0.2) is 0 Å². The zero-order chi connectivity index (χ0) is 16.9. The lowest BCUT2D eigenvalue weighted by Crippen LogP contribution is -2.12. The number of nitrogens with one attached hydrogen (secondary N) is 1. The van der Waals surface area contributed by atoms with Crippen molar-refractivity contribution in [1.29, 1.82) is 0 Å². The number of nitrogens with zero attached hydrogens (tertiary/aromatic N) is 1. The maximum absolute atomic E-state index is 12.4. The minimum atomic E-state index is -0.184. The second-order valence-corrected chi connectivity index (χ2v) is 5.72. The number of pyridine rings is 1. The van der Waals surface area contributed by atoms with Gasteiger partial charge in [0.25, 0.3) is 5.91 Å². The zero-order valence-corrected chi connectivity index (χ0v) is 13.9. The van der Waals surface area contributed by atoms with E-state index in [1.807, 2.05) is 30.3 Å². The van der Waals surface area contributed by atoms with E-state index < -0.39 is 0 Å². The molecule has 1 aromatic carbocycles. The molecule has 4 nitrogen and oxygen atoms in total. The van der Waals surface area contributed by atoms with Gasteiger partial charge in [-0.05, 0) is 55.2 Å². The number of hydrogen-bond acceptors (Lipinski definition) is 3. The second-order valence-electron chi connectivity index (χ2n) is 5.72. The molecule has 1 N–H and O–H groups in total. The highest BCUT2D eigenvalue weighted by Crippen LogP contribution is 2.27. The normalized spacial score (nSPS) is 13.8. The van der Waals surface area contributed by atoms with E-state index in [4.69, 9.17) is 4.74 Å². The topological polar surface area (TPSA) is 51.2 Å². The summed E-state index contributed by atoms with van der Waals surface area (Å²) in [5, 5.41) is 2.86. The number of carbonyl (C=O) groups excluding carboxylic acids is 1. The third-order valence-corrected chi connectivity index (χ3v) is 4.07. The van der Waals surface area contributed by atoms with Crippen molar-refractivity contribution >= 4 is 17.2 Å². The summed E-state index contributed by atoms with van der Waals surface area (Å²) in [6.45, 7) is 2.09. The van der Waals surface area contributed by atoms with Crippen molar-refractivity contribution in [2.24, 2.45) is 0 Å². The molecule has 0 atom stereocenters. The molecular weight excluding hydrogens is 300 g/mol. The maximum Gasteiger partial charge on any atom is 0.257 e. The van der Waals surface area contributed by atoms with Crippen LogP contribution in [-0.2, 0) is 0 Å². The highest BCUT2D eigenvalue weighted by atomic mass is 16.5. The Morgan fingerprint density at radius 1 is 1.25 bits per heavy atom. The monoisotopic (exact) mass is 320 g/mol. The molecule has 0 radical (unpaired) electrons. The SMILES string of the molecule is COc1cccc(NC(=O)c2ccc(C3=C(C)C=CCC3)nc2)c1. The van der Waals surface area contributed by atoms with E-state index in [2.05, 4.69) is 29.4 Å². The number of aromatic nitrogens is 1. The molecule has 1 amide bonds. The first-order valence-corrected chi connectivity index (χ1v) is 7.95. The lowest BCUT2D eigenvalue weighted by Gasteiger charge is -2.13. The molecule has 1 heterocycles. The number of ether oxygens (including phenoxy) is 1. The van der Waals surface area contributed by atoms with Crippen LogP contribution < -0.4 is 10.1 Å². The Bertz CT molecular complexity index is 805. The fourth-order valence-electron chi connectivity index (χ4n) is 2.73. The van der Waals surface area contributed by atoms with Crippen LogP contribution in [0.25, 0.3) is 5.57 Å². The molecule has 4 heteroatoms. The lowest BCUT2D eigenvalue weighted by molar-refractivity contribution is 0.102. The van der Waals surface area contributed by atoms with Crippen molar-refractivity contribution in [2.75, 3.05) is 12.4 Å². The Kier molecular flexibility index (Phi) is 4.75. The summed E-state index contributed by atoms with van der Waals surface area (Å²) in [6.07, 6.45) is 7.96. The van der Waals surface area contributed by atoms with E-state index in [-0.39, 0.29) is 5.91 Å². The van der Waals surface area contributed by atoms with Gasteiger partial charge in [-0.25, -0.2) is 0 Å². The van der Waals surface area contributed by atoms with Crippen molar-refractivity contribution in [1.82, 2.24) is 4.98 Å². The van der Waals surface area contributed by atoms with E-state index in [0.717, 1.165) is 18.5 Å². The standard InChI is InChI=1S/C20H20N2O2/c1-14-6-3-4-9-18(14)19-11-10-15(13-21-19)20(23)22-16-7-5-8-17(12-16)24-2/h3,5-8,10-13H,4,9H2,1-2H3,(H,22,23).